The monoisotopic (exact) mass is 318 g/mol. The van der Waals surface area contributed by atoms with Gasteiger partial charge in [0.2, 0.25) is 0 Å². The summed E-state index contributed by atoms with van der Waals surface area (Å²) in [5, 5.41) is 10.5. The maximum absolute atomic E-state index is 12.5. The van der Waals surface area contributed by atoms with Crippen molar-refractivity contribution >= 4 is 32.1 Å². The van der Waals surface area contributed by atoms with E-state index in [0.29, 0.717) is 24.3 Å². The highest BCUT2D eigenvalue weighted by atomic mass is 32.2. The van der Waals surface area contributed by atoms with Crippen molar-refractivity contribution in [3.8, 4) is 0 Å². The summed E-state index contributed by atoms with van der Waals surface area (Å²) in [5.41, 5.74) is 5.73. The van der Waals surface area contributed by atoms with E-state index in [1.165, 1.54) is 27.1 Å². The standard InChI is InChI=1S/C11H18N4O3S2/c1-14(5-3-2-4-7-16)20(17,18)10-9(12)13-11-15(10)6-8-19-11/h6,8,16H,2-5,7,12H2,1H3. The first-order valence-electron chi connectivity index (χ1n) is 6.26. The maximum Gasteiger partial charge on any atom is 0.262 e. The van der Waals surface area contributed by atoms with E-state index in [9.17, 15) is 8.42 Å². The average molecular weight is 318 g/mol. The number of hydrogen-bond donors (Lipinski definition) is 2. The molecule has 0 atom stereocenters. The molecule has 0 aromatic carbocycles. The summed E-state index contributed by atoms with van der Waals surface area (Å²) in [6.45, 7) is 0.515. The van der Waals surface area contributed by atoms with E-state index in [1.54, 1.807) is 11.6 Å². The summed E-state index contributed by atoms with van der Waals surface area (Å²) in [6.07, 6.45) is 3.81. The molecule has 112 valence electrons. The molecule has 0 amide bonds. The van der Waals surface area contributed by atoms with Crippen molar-refractivity contribution in [2.45, 2.75) is 24.3 Å². The van der Waals surface area contributed by atoms with Gasteiger partial charge in [-0.2, -0.15) is 4.31 Å². The van der Waals surface area contributed by atoms with Crippen LogP contribution in [0.4, 0.5) is 5.82 Å². The van der Waals surface area contributed by atoms with Crippen LogP contribution in [0.3, 0.4) is 0 Å². The summed E-state index contributed by atoms with van der Waals surface area (Å²) in [4.78, 5) is 4.62. The maximum atomic E-state index is 12.5. The van der Waals surface area contributed by atoms with Crippen molar-refractivity contribution in [1.82, 2.24) is 13.7 Å². The number of nitrogens with two attached hydrogens (primary N) is 1. The molecule has 7 nitrogen and oxygen atoms in total. The van der Waals surface area contributed by atoms with Crippen LogP contribution in [-0.2, 0) is 10.0 Å². The van der Waals surface area contributed by atoms with Gasteiger partial charge in [-0.25, -0.2) is 13.4 Å². The molecule has 2 rings (SSSR count). The zero-order valence-electron chi connectivity index (χ0n) is 11.2. The number of aliphatic hydroxyl groups excluding tert-OH is 1. The zero-order valence-corrected chi connectivity index (χ0v) is 12.8. The van der Waals surface area contributed by atoms with Crippen LogP contribution in [0, 0.1) is 0 Å². The van der Waals surface area contributed by atoms with E-state index in [1.807, 2.05) is 0 Å². The Morgan fingerprint density at radius 3 is 2.90 bits per heavy atom. The first-order valence-corrected chi connectivity index (χ1v) is 8.58. The third-order valence-corrected chi connectivity index (χ3v) is 5.68. The van der Waals surface area contributed by atoms with Gasteiger partial charge < -0.3 is 10.8 Å². The number of sulfonamides is 1. The molecule has 0 aliphatic carbocycles. The van der Waals surface area contributed by atoms with Crippen LogP contribution in [0.5, 0.6) is 0 Å². The van der Waals surface area contributed by atoms with E-state index in [0.717, 1.165) is 6.42 Å². The third kappa shape index (κ3) is 2.80. The van der Waals surface area contributed by atoms with Gasteiger partial charge in [-0.05, 0) is 19.3 Å². The molecular formula is C11H18N4O3S2. The van der Waals surface area contributed by atoms with Crippen molar-refractivity contribution in [3.05, 3.63) is 11.6 Å². The van der Waals surface area contributed by atoms with Crippen molar-refractivity contribution in [3.63, 3.8) is 0 Å². The molecule has 3 N–H and O–H groups in total. The number of nitrogens with zero attached hydrogens (tertiary/aromatic N) is 3. The number of aliphatic hydroxyl groups is 1. The van der Waals surface area contributed by atoms with Crippen molar-refractivity contribution < 1.29 is 13.5 Å². The predicted octanol–water partition coefficient (Wildman–Crippen LogP) is 0.761. The molecule has 0 aliphatic heterocycles. The Morgan fingerprint density at radius 1 is 1.45 bits per heavy atom. The predicted molar refractivity (Wildman–Crippen MR) is 78.2 cm³/mol. The summed E-state index contributed by atoms with van der Waals surface area (Å²) < 4.78 is 27.8. The molecule has 0 saturated heterocycles. The van der Waals surface area contributed by atoms with E-state index in [2.05, 4.69) is 4.98 Å². The summed E-state index contributed by atoms with van der Waals surface area (Å²) in [6, 6.07) is 0. The fraction of sp³-hybridized carbons (Fsp3) is 0.545. The molecule has 20 heavy (non-hydrogen) atoms. The van der Waals surface area contributed by atoms with Crippen molar-refractivity contribution in [1.29, 1.82) is 0 Å². The molecule has 0 bridgehead atoms. The van der Waals surface area contributed by atoms with Gasteiger partial charge in [-0.15, -0.1) is 11.3 Å². The number of rotatable bonds is 7. The van der Waals surface area contributed by atoms with Crippen molar-refractivity contribution in [2.75, 3.05) is 25.9 Å². The molecule has 0 unspecified atom stereocenters. The van der Waals surface area contributed by atoms with Gasteiger partial charge >= 0.3 is 0 Å². The number of fused-ring (bicyclic) bond motifs is 1. The lowest BCUT2D eigenvalue weighted by atomic mass is 10.2. The SMILES string of the molecule is CN(CCCCCO)S(=O)(=O)c1c(N)nc2sccn12. The van der Waals surface area contributed by atoms with Gasteiger partial charge in [0.15, 0.2) is 15.8 Å². The summed E-state index contributed by atoms with van der Waals surface area (Å²) >= 11 is 1.34. The van der Waals surface area contributed by atoms with E-state index in [-0.39, 0.29) is 17.5 Å². The van der Waals surface area contributed by atoms with E-state index >= 15 is 0 Å². The summed E-state index contributed by atoms with van der Waals surface area (Å²) in [7, 11) is -2.13. The number of unbranched alkanes of at least 4 members (excludes halogenated alkanes) is 2. The van der Waals surface area contributed by atoms with Gasteiger partial charge in [0, 0.05) is 31.8 Å². The molecule has 0 saturated carbocycles. The van der Waals surface area contributed by atoms with E-state index in [4.69, 9.17) is 10.8 Å². The normalized spacial score (nSPS) is 12.6. The molecule has 0 aliphatic rings. The Bertz CT molecular complexity index is 677. The fourth-order valence-corrected chi connectivity index (χ4v) is 4.08. The largest absolute Gasteiger partial charge is 0.396 e. The first kappa shape index (κ1) is 15.2. The van der Waals surface area contributed by atoms with Gasteiger partial charge in [-0.3, -0.25) is 4.40 Å². The molecule has 2 heterocycles. The topological polar surface area (TPSA) is 101 Å². The Balaban J connectivity index is 2.21. The molecule has 0 radical (unpaired) electrons. The minimum atomic E-state index is -3.66. The van der Waals surface area contributed by atoms with Gasteiger partial charge in [0.25, 0.3) is 10.0 Å². The number of nitrogen functional groups attached to an aromatic ring is 1. The van der Waals surface area contributed by atoms with Crippen LogP contribution in [0.25, 0.3) is 4.96 Å². The third-order valence-electron chi connectivity index (χ3n) is 3.03. The molecule has 2 aromatic rings. The van der Waals surface area contributed by atoms with Crippen molar-refractivity contribution in [2.24, 2.45) is 0 Å². The smallest absolute Gasteiger partial charge is 0.262 e. The number of thiazole rings is 1. The Morgan fingerprint density at radius 2 is 2.20 bits per heavy atom. The molecule has 9 heteroatoms. The molecular weight excluding hydrogens is 300 g/mol. The van der Waals surface area contributed by atoms with Crippen LogP contribution >= 0.6 is 11.3 Å². The number of anilines is 1. The molecule has 2 aromatic heterocycles. The quantitative estimate of drug-likeness (QED) is 0.734. The second-order valence-corrected chi connectivity index (χ2v) is 7.30. The average Bonchev–Trinajstić information content (AvgIpc) is 2.93. The second kappa shape index (κ2) is 6.08. The van der Waals surface area contributed by atoms with Crippen LogP contribution in [0.2, 0.25) is 0 Å². The lowest BCUT2D eigenvalue weighted by Crippen LogP contribution is -2.29. The highest BCUT2D eigenvalue weighted by Crippen LogP contribution is 2.25. The molecule has 0 fully saturated rings. The Hall–Kier alpha value is -1.16. The van der Waals surface area contributed by atoms with E-state index < -0.39 is 10.0 Å². The highest BCUT2D eigenvalue weighted by Gasteiger charge is 2.28. The zero-order chi connectivity index (χ0) is 14.8. The minimum absolute atomic E-state index is 0.0263. The van der Waals surface area contributed by atoms with Crippen LogP contribution in [0.15, 0.2) is 16.6 Å². The number of imidazole rings is 1. The van der Waals surface area contributed by atoms with Gasteiger partial charge in [0.05, 0.1) is 0 Å². The lowest BCUT2D eigenvalue weighted by molar-refractivity contribution is 0.281. The van der Waals surface area contributed by atoms with Gasteiger partial charge in [0.1, 0.15) is 0 Å². The Kier molecular flexibility index (Phi) is 4.63. The lowest BCUT2D eigenvalue weighted by Gasteiger charge is -2.16. The summed E-state index contributed by atoms with van der Waals surface area (Å²) in [5.74, 6) is 0.0269. The first-order chi connectivity index (χ1) is 9.48. The van der Waals surface area contributed by atoms with Crippen LogP contribution < -0.4 is 5.73 Å². The molecule has 0 spiro atoms. The Labute approximate surface area is 121 Å². The number of aromatic nitrogens is 2. The number of hydrogen-bond acceptors (Lipinski definition) is 6. The second-order valence-electron chi connectivity index (χ2n) is 4.47. The minimum Gasteiger partial charge on any atom is -0.396 e. The highest BCUT2D eigenvalue weighted by molar-refractivity contribution is 7.89. The van der Waals surface area contributed by atoms with Gasteiger partial charge in [-0.1, -0.05) is 0 Å². The fourth-order valence-electron chi connectivity index (χ4n) is 1.93. The van der Waals surface area contributed by atoms with Crippen LogP contribution in [-0.4, -0.2) is 47.4 Å². The van der Waals surface area contributed by atoms with Crippen LogP contribution in [0.1, 0.15) is 19.3 Å².